The van der Waals surface area contributed by atoms with Crippen LogP contribution in [-0.4, -0.2) is 10.2 Å². The second-order valence-electron chi connectivity index (χ2n) is 3.52. The summed E-state index contributed by atoms with van der Waals surface area (Å²) in [7, 11) is 0. The van der Waals surface area contributed by atoms with Gasteiger partial charge in [0.1, 0.15) is 0 Å². The van der Waals surface area contributed by atoms with Crippen LogP contribution in [0.4, 0.5) is 0 Å². The first-order valence-corrected chi connectivity index (χ1v) is 6.34. The van der Waals surface area contributed by atoms with Crippen LogP contribution >= 0.6 is 31.9 Å². The molecule has 0 aliphatic carbocycles. The topological polar surface area (TPSA) is 25.8 Å². The molecule has 0 aliphatic heterocycles. The molecule has 0 saturated heterocycles. The van der Waals surface area contributed by atoms with Crippen molar-refractivity contribution in [1.29, 1.82) is 0 Å². The molecule has 78 valence electrons. The normalized spacial score (nSPS) is 11.1. The van der Waals surface area contributed by atoms with Gasteiger partial charge in [-0.15, -0.1) is 10.2 Å². The zero-order chi connectivity index (χ0) is 11.1. The van der Waals surface area contributed by atoms with Gasteiger partial charge in [-0.1, -0.05) is 31.9 Å². The lowest BCUT2D eigenvalue weighted by atomic mass is 10.1. The molecule has 3 aromatic rings. The van der Waals surface area contributed by atoms with Crippen molar-refractivity contribution in [3.8, 4) is 0 Å². The Morgan fingerprint density at radius 2 is 1.12 bits per heavy atom. The van der Waals surface area contributed by atoms with Gasteiger partial charge in [-0.3, -0.25) is 0 Å². The van der Waals surface area contributed by atoms with Gasteiger partial charge >= 0.3 is 0 Å². The van der Waals surface area contributed by atoms with Gasteiger partial charge in [0.2, 0.25) is 0 Å². The molecule has 0 spiro atoms. The third-order valence-electron chi connectivity index (χ3n) is 2.47. The summed E-state index contributed by atoms with van der Waals surface area (Å²) in [6.45, 7) is 0. The fourth-order valence-electron chi connectivity index (χ4n) is 1.73. The van der Waals surface area contributed by atoms with Crippen LogP contribution in [0.25, 0.3) is 21.8 Å². The quantitative estimate of drug-likeness (QED) is 0.571. The molecule has 0 N–H and O–H groups in total. The van der Waals surface area contributed by atoms with Crippen LogP contribution in [0, 0.1) is 0 Å². The summed E-state index contributed by atoms with van der Waals surface area (Å²) < 4.78 is 2.10. The van der Waals surface area contributed by atoms with Gasteiger partial charge in [-0.2, -0.15) is 0 Å². The molecule has 0 fully saturated rings. The molecule has 4 heteroatoms. The molecule has 0 bridgehead atoms. The predicted octanol–water partition coefficient (Wildman–Crippen LogP) is 4.31. The highest BCUT2D eigenvalue weighted by Gasteiger charge is 2.04. The first kappa shape index (κ1) is 10.2. The van der Waals surface area contributed by atoms with E-state index in [0.717, 1.165) is 30.8 Å². The molecular weight excluding hydrogens is 332 g/mol. The number of fused-ring (bicyclic) bond motifs is 3. The second kappa shape index (κ2) is 3.79. The largest absolute Gasteiger partial charge is 0.150 e. The van der Waals surface area contributed by atoms with E-state index in [4.69, 9.17) is 0 Å². The Kier molecular flexibility index (Phi) is 2.41. The first-order chi connectivity index (χ1) is 7.74. The number of rotatable bonds is 0. The van der Waals surface area contributed by atoms with Crippen LogP contribution in [0.15, 0.2) is 45.3 Å². The predicted molar refractivity (Wildman–Crippen MR) is 72.4 cm³/mol. The Bertz CT molecular complexity index is 634. The Morgan fingerprint density at radius 3 is 1.56 bits per heavy atom. The smallest absolute Gasteiger partial charge is 0.0936 e. The highest BCUT2D eigenvalue weighted by molar-refractivity contribution is 9.10. The molecule has 0 radical (unpaired) electrons. The average molecular weight is 338 g/mol. The summed E-state index contributed by atoms with van der Waals surface area (Å²) in [5.41, 5.74) is 1.82. The van der Waals surface area contributed by atoms with Crippen molar-refractivity contribution in [1.82, 2.24) is 10.2 Å². The van der Waals surface area contributed by atoms with Crippen LogP contribution in [0.1, 0.15) is 0 Å². The van der Waals surface area contributed by atoms with Crippen molar-refractivity contribution in [3.63, 3.8) is 0 Å². The minimum Gasteiger partial charge on any atom is -0.150 e. The van der Waals surface area contributed by atoms with E-state index in [2.05, 4.69) is 54.2 Å². The molecule has 2 aromatic carbocycles. The molecule has 2 nitrogen and oxygen atoms in total. The number of nitrogens with zero attached hydrogens (tertiary/aromatic N) is 2. The van der Waals surface area contributed by atoms with Crippen molar-refractivity contribution >= 4 is 53.7 Å². The highest BCUT2D eigenvalue weighted by atomic mass is 79.9. The van der Waals surface area contributed by atoms with E-state index in [1.165, 1.54) is 0 Å². The summed E-state index contributed by atoms with van der Waals surface area (Å²) in [5, 5.41) is 10.6. The van der Waals surface area contributed by atoms with Crippen molar-refractivity contribution < 1.29 is 0 Å². The summed E-state index contributed by atoms with van der Waals surface area (Å²) in [4.78, 5) is 0. The molecule has 0 amide bonds. The molecular formula is C12H6Br2N2. The summed E-state index contributed by atoms with van der Waals surface area (Å²) in [6, 6.07) is 12.0. The number of halogens is 2. The average Bonchev–Trinajstić information content (AvgIpc) is 2.29. The lowest BCUT2D eigenvalue weighted by Crippen LogP contribution is -1.87. The lowest BCUT2D eigenvalue weighted by molar-refractivity contribution is 1.12. The van der Waals surface area contributed by atoms with Gasteiger partial charge in [-0.05, 0) is 36.4 Å². The van der Waals surface area contributed by atoms with Crippen molar-refractivity contribution in [2.24, 2.45) is 0 Å². The third-order valence-corrected chi connectivity index (χ3v) is 3.46. The summed E-state index contributed by atoms with van der Waals surface area (Å²) in [5.74, 6) is 0. The Balaban J connectivity index is 2.55. The maximum absolute atomic E-state index is 4.19. The maximum Gasteiger partial charge on any atom is 0.0936 e. The van der Waals surface area contributed by atoms with Crippen molar-refractivity contribution in [2.45, 2.75) is 0 Å². The zero-order valence-electron chi connectivity index (χ0n) is 8.11. The van der Waals surface area contributed by atoms with E-state index in [9.17, 15) is 0 Å². The van der Waals surface area contributed by atoms with Crippen LogP contribution in [-0.2, 0) is 0 Å². The van der Waals surface area contributed by atoms with Gasteiger partial charge < -0.3 is 0 Å². The standard InChI is InChI=1S/C12H6Br2N2/c13-7-1-3-11-9(5-7)10-6-8(14)2-4-12(10)16-15-11/h1-6H. The van der Waals surface area contributed by atoms with Crippen LogP contribution in [0.3, 0.4) is 0 Å². The Labute approximate surface area is 109 Å². The molecule has 0 unspecified atom stereocenters. The summed E-state index contributed by atoms with van der Waals surface area (Å²) >= 11 is 6.95. The zero-order valence-corrected chi connectivity index (χ0v) is 11.3. The molecule has 0 aliphatic rings. The number of hydrogen-bond acceptors (Lipinski definition) is 2. The molecule has 3 rings (SSSR count). The third kappa shape index (κ3) is 1.62. The van der Waals surface area contributed by atoms with E-state index in [0.29, 0.717) is 0 Å². The number of aromatic nitrogens is 2. The highest BCUT2D eigenvalue weighted by Crippen LogP contribution is 2.27. The monoisotopic (exact) mass is 336 g/mol. The Morgan fingerprint density at radius 1 is 0.688 bits per heavy atom. The van der Waals surface area contributed by atoms with Gasteiger partial charge in [-0.25, -0.2) is 0 Å². The van der Waals surface area contributed by atoms with Gasteiger partial charge in [0.15, 0.2) is 0 Å². The van der Waals surface area contributed by atoms with Gasteiger partial charge in [0.25, 0.3) is 0 Å². The molecule has 0 saturated carbocycles. The van der Waals surface area contributed by atoms with E-state index >= 15 is 0 Å². The number of hydrogen-bond donors (Lipinski definition) is 0. The van der Waals surface area contributed by atoms with E-state index in [-0.39, 0.29) is 0 Å². The van der Waals surface area contributed by atoms with Crippen molar-refractivity contribution in [2.75, 3.05) is 0 Å². The van der Waals surface area contributed by atoms with Gasteiger partial charge in [0, 0.05) is 19.7 Å². The maximum atomic E-state index is 4.19. The minimum absolute atomic E-state index is 0.911. The van der Waals surface area contributed by atoms with Gasteiger partial charge in [0.05, 0.1) is 11.0 Å². The van der Waals surface area contributed by atoms with E-state index < -0.39 is 0 Å². The minimum atomic E-state index is 0.911. The lowest BCUT2D eigenvalue weighted by Gasteiger charge is -2.02. The Hall–Kier alpha value is -1.00. The number of benzene rings is 2. The van der Waals surface area contributed by atoms with E-state index in [1.807, 2.05) is 24.3 Å². The molecule has 16 heavy (non-hydrogen) atoms. The fraction of sp³-hybridized carbons (Fsp3) is 0. The molecule has 1 heterocycles. The SMILES string of the molecule is Brc1ccc2nnc3ccc(Br)cc3c2c1. The van der Waals surface area contributed by atoms with Crippen LogP contribution < -0.4 is 0 Å². The molecule has 0 atom stereocenters. The summed E-state index contributed by atoms with van der Waals surface area (Å²) in [6.07, 6.45) is 0. The first-order valence-electron chi connectivity index (χ1n) is 4.75. The van der Waals surface area contributed by atoms with Crippen molar-refractivity contribution in [3.05, 3.63) is 45.3 Å². The fourth-order valence-corrected chi connectivity index (χ4v) is 2.45. The molecule has 1 aromatic heterocycles. The van der Waals surface area contributed by atoms with Crippen LogP contribution in [0.5, 0.6) is 0 Å². The second-order valence-corrected chi connectivity index (χ2v) is 5.35. The van der Waals surface area contributed by atoms with Crippen LogP contribution in [0.2, 0.25) is 0 Å². The van der Waals surface area contributed by atoms with E-state index in [1.54, 1.807) is 0 Å².